The molecule has 0 spiro atoms. The number of amides is 1. The van der Waals surface area contributed by atoms with Gasteiger partial charge in [-0.15, -0.1) is 0 Å². The summed E-state index contributed by atoms with van der Waals surface area (Å²) in [6, 6.07) is 8.13. The van der Waals surface area contributed by atoms with E-state index in [4.69, 9.17) is 12.2 Å². The van der Waals surface area contributed by atoms with E-state index >= 15 is 0 Å². The maximum atomic E-state index is 12.2. The predicted octanol–water partition coefficient (Wildman–Crippen LogP) is 4.00. The highest BCUT2D eigenvalue weighted by Gasteiger charge is 2.31. The van der Waals surface area contributed by atoms with Gasteiger partial charge in [0.15, 0.2) is 0 Å². The largest absolute Gasteiger partial charge is 0.293 e. The van der Waals surface area contributed by atoms with Gasteiger partial charge in [0.2, 0.25) is 0 Å². The Hall–Kier alpha value is -1.13. The van der Waals surface area contributed by atoms with E-state index in [0.717, 1.165) is 29.9 Å². The van der Waals surface area contributed by atoms with Crippen LogP contribution in [0.3, 0.4) is 0 Å². The molecule has 2 rings (SSSR count). The minimum Gasteiger partial charge on any atom is -0.293 e. The zero-order valence-electron chi connectivity index (χ0n) is 11.2. The number of carbonyl (C=O) groups is 1. The Kier molecular flexibility index (Phi) is 4.77. The van der Waals surface area contributed by atoms with Crippen molar-refractivity contribution in [1.29, 1.82) is 0 Å². The van der Waals surface area contributed by atoms with Gasteiger partial charge in [-0.1, -0.05) is 67.2 Å². The molecule has 0 aromatic heterocycles. The van der Waals surface area contributed by atoms with Crippen molar-refractivity contribution >= 4 is 40.3 Å². The topological polar surface area (TPSA) is 20.3 Å². The molecular weight excluding hydrogens is 274 g/mol. The summed E-state index contributed by atoms with van der Waals surface area (Å²) in [6.07, 6.45) is 3.98. The highest BCUT2D eigenvalue weighted by atomic mass is 32.2. The molecule has 1 amide bonds. The molecule has 0 N–H and O–H groups in total. The zero-order chi connectivity index (χ0) is 13.8. The third-order valence-electron chi connectivity index (χ3n) is 2.98. The smallest absolute Gasteiger partial charge is 0.266 e. The van der Waals surface area contributed by atoms with Gasteiger partial charge in [0.1, 0.15) is 4.32 Å². The summed E-state index contributed by atoms with van der Waals surface area (Å²) in [5, 5.41) is 0. The van der Waals surface area contributed by atoms with Crippen molar-refractivity contribution in [2.45, 2.75) is 26.7 Å². The van der Waals surface area contributed by atoms with Crippen LogP contribution in [0.15, 0.2) is 29.2 Å². The van der Waals surface area contributed by atoms with E-state index in [2.05, 4.69) is 6.92 Å². The molecule has 1 heterocycles. The summed E-state index contributed by atoms with van der Waals surface area (Å²) in [5.41, 5.74) is 2.26. The molecule has 100 valence electrons. The van der Waals surface area contributed by atoms with E-state index in [9.17, 15) is 4.79 Å². The number of thioether (sulfide) groups is 1. The zero-order valence-corrected chi connectivity index (χ0v) is 12.8. The van der Waals surface area contributed by atoms with Crippen LogP contribution in [0.4, 0.5) is 0 Å². The van der Waals surface area contributed by atoms with Gasteiger partial charge in [-0.3, -0.25) is 9.69 Å². The molecule has 0 saturated carbocycles. The molecule has 19 heavy (non-hydrogen) atoms. The monoisotopic (exact) mass is 291 g/mol. The number of carbonyl (C=O) groups excluding carboxylic acids is 1. The van der Waals surface area contributed by atoms with Gasteiger partial charge in [-0.05, 0) is 25.0 Å². The van der Waals surface area contributed by atoms with E-state index in [1.54, 1.807) is 4.90 Å². The van der Waals surface area contributed by atoms with Crippen LogP contribution in [0.5, 0.6) is 0 Å². The van der Waals surface area contributed by atoms with Gasteiger partial charge in [0.05, 0.1) is 4.91 Å². The van der Waals surface area contributed by atoms with Crippen LogP contribution in [0.2, 0.25) is 0 Å². The molecule has 1 aliphatic heterocycles. The molecule has 0 bridgehead atoms. The first-order chi connectivity index (χ1) is 9.11. The van der Waals surface area contributed by atoms with Gasteiger partial charge in [0, 0.05) is 6.54 Å². The first kappa shape index (κ1) is 14.3. The van der Waals surface area contributed by atoms with E-state index in [1.165, 1.54) is 17.3 Å². The number of nitrogens with zero attached hydrogens (tertiary/aromatic N) is 1. The highest BCUT2D eigenvalue weighted by molar-refractivity contribution is 8.26. The van der Waals surface area contributed by atoms with Crippen molar-refractivity contribution in [3.63, 3.8) is 0 Å². The SMILES string of the molecule is CCCCN1C(=O)/C(=C/c2ccc(C)cc2)SC1=S. The number of aryl methyl sites for hydroxylation is 1. The normalized spacial score (nSPS) is 17.6. The number of unbranched alkanes of at least 4 members (excludes halogenated alkanes) is 1. The molecule has 0 unspecified atom stereocenters. The van der Waals surface area contributed by atoms with Crippen LogP contribution in [0.25, 0.3) is 6.08 Å². The Morgan fingerprint density at radius 3 is 2.63 bits per heavy atom. The summed E-state index contributed by atoms with van der Waals surface area (Å²) in [7, 11) is 0. The van der Waals surface area contributed by atoms with Crippen molar-refractivity contribution < 1.29 is 4.79 Å². The third kappa shape index (κ3) is 3.45. The maximum absolute atomic E-state index is 12.2. The minimum absolute atomic E-state index is 0.0454. The molecule has 0 atom stereocenters. The van der Waals surface area contributed by atoms with Crippen LogP contribution in [0, 0.1) is 6.92 Å². The number of thiocarbonyl (C=S) groups is 1. The fourth-order valence-corrected chi connectivity index (χ4v) is 3.13. The Balaban J connectivity index is 2.16. The van der Waals surface area contributed by atoms with E-state index in [1.807, 2.05) is 37.3 Å². The molecule has 4 heteroatoms. The molecule has 0 aliphatic carbocycles. The minimum atomic E-state index is 0.0454. The molecule has 2 nitrogen and oxygen atoms in total. The lowest BCUT2D eigenvalue weighted by Crippen LogP contribution is -2.28. The summed E-state index contributed by atoms with van der Waals surface area (Å²) >= 11 is 6.67. The fourth-order valence-electron chi connectivity index (χ4n) is 1.82. The molecule has 1 fully saturated rings. The molecule has 1 aliphatic rings. The van der Waals surface area contributed by atoms with Crippen LogP contribution in [-0.2, 0) is 4.79 Å². The van der Waals surface area contributed by atoms with Gasteiger partial charge < -0.3 is 0 Å². The second-order valence-corrected chi connectivity index (χ2v) is 6.27. The molecule has 1 saturated heterocycles. The van der Waals surface area contributed by atoms with Gasteiger partial charge >= 0.3 is 0 Å². The Bertz CT molecular complexity index is 519. The fraction of sp³-hybridized carbons (Fsp3) is 0.333. The molecule has 1 aromatic rings. The number of hydrogen-bond donors (Lipinski definition) is 0. The number of hydrogen-bond acceptors (Lipinski definition) is 3. The molecule has 0 radical (unpaired) electrons. The average Bonchev–Trinajstić information content (AvgIpc) is 2.65. The van der Waals surface area contributed by atoms with Crippen molar-refractivity contribution in [3.8, 4) is 0 Å². The summed E-state index contributed by atoms with van der Waals surface area (Å²) < 4.78 is 0.678. The quantitative estimate of drug-likeness (QED) is 0.618. The lowest BCUT2D eigenvalue weighted by Gasteiger charge is -2.12. The second kappa shape index (κ2) is 6.35. The lowest BCUT2D eigenvalue weighted by atomic mass is 10.1. The standard InChI is InChI=1S/C15H17NOS2/c1-3-4-9-16-14(17)13(19-15(16)18)10-12-7-5-11(2)6-8-12/h5-8,10H,3-4,9H2,1-2H3/b13-10-. The van der Waals surface area contributed by atoms with E-state index in [0.29, 0.717) is 4.32 Å². The molecular formula is C15H17NOS2. The third-order valence-corrected chi connectivity index (χ3v) is 4.36. The van der Waals surface area contributed by atoms with E-state index < -0.39 is 0 Å². The Labute approximate surface area is 123 Å². The van der Waals surface area contributed by atoms with Crippen molar-refractivity contribution in [2.24, 2.45) is 0 Å². The van der Waals surface area contributed by atoms with Gasteiger partial charge in [-0.2, -0.15) is 0 Å². The first-order valence-electron chi connectivity index (χ1n) is 6.44. The second-order valence-electron chi connectivity index (χ2n) is 4.60. The van der Waals surface area contributed by atoms with Crippen LogP contribution >= 0.6 is 24.0 Å². The van der Waals surface area contributed by atoms with Crippen molar-refractivity contribution in [2.75, 3.05) is 6.54 Å². The van der Waals surface area contributed by atoms with Gasteiger partial charge in [0.25, 0.3) is 5.91 Å². The summed E-state index contributed by atoms with van der Waals surface area (Å²) in [5.74, 6) is 0.0454. The molecule has 1 aromatic carbocycles. The maximum Gasteiger partial charge on any atom is 0.266 e. The van der Waals surface area contributed by atoms with Crippen LogP contribution in [-0.4, -0.2) is 21.7 Å². The van der Waals surface area contributed by atoms with Gasteiger partial charge in [-0.25, -0.2) is 0 Å². The number of benzene rings is 1. The predicted molar refractivity (Wildman–Crippen MR) is 86.0 cm³/mol. The van der Waals surface area contributed by atoms with Crippen LogP contribution < -0.4 is 0 Å². The average molecular weight is 291 g/mol. The summed E-state index contributed by atoms with van der Waals surface area (Å²) in [4.78, 5) is 14.7. The Morgan fingerprint density at radius 2 is 2.00 bits per heavy atom. The van der Waals surface area contributed by atoms with Crippen LogP contribution in [0.1, 0.15) is 30.9 Å². The Morgan fingerprint density at radius 1 is 1.32 bits per heavy atom. The lowest BCUT2D eigenvalue weighted by molar-refractivity contribution is -0.122. The summed E-state index contributed by atoms with van der Waals surface area (Å²) in [6.45, 7) is 4.89. The number of rotatable bonds is 4. The van der Waals surface area contributed by atoms with E-state index in [-0.39, 0.29) is 5.91 Å². The highest BCUT2D eigenvalue weighted by Crippen LogP contribution is 2.32. The first-order valence-corrected chi connectivity index (χ1v) is 7.66. The van der Waals surface area contributed by atoms with Crippen molar-refractivity contribution in [3.05, 3.63) is 40.3 Å². The van der Waals surface area contributed by atoms with Crippen molar-refractivity contribution in [1.82, 2.24) is 4.90 Å².